The number of pyridine rings is 1. The number of nitrogens with zero attached hydrogens (tertiary/aromatic N) is 2. The predicted molar refractivity (Wildman–Crippen MR) is 111 cm³/mol. The number of aromatic nitrogens is 1. The third-order valence-corrected chi connectivity index (χ3v) is 7.50. The highest BCUT2D eigenvalue weighted by Gasteiger charge is 2.61. The Labute approximate surface area is 165 Å². The molecule has 0 unspecified atom stereocenters. The third kappa shape index (κ3) is 2.71. The van der Waals surface area contributed by atoms with Crippen LogP contribution in [0.15, 0.2) is 35.3 Å². The fourth-order valence-electron chi connectivity index (χ4n) is 6.32. The summed E-state index contributed by atoms with van der Waals surface area (Å²) in [4.78, 5) is 28.3. The maximum Gasteiger partial charge on any atom is 0.258 e. The average Bonchev–Trinajstić information content (AvgIpc) is 3.06. The second-order valence-corrected chi connectivity index (χ2v) is 9.54. The molecule has 1 aromatic heterocycles. The fourth-order valence-corrected chi connectivity index (χ4v) is 6.32. The van der Waals surface area contributed by atoms with E-state index in [0.29, 0.717) is 17.8 Å². The molecule has 148 valence electrons. The van der Waals surface area contributed by atoms with Gasteiger partial charge in [0.05, 0.1) is 5.41 Å². The van der Waals surface area contributed by atoms with E-state index < -0.39 is 0 Å². The molecule has 6 rings (SSSR count). The van der Waals surface area contributed by atoms with Crippen molar-refractivity contribution in [3.63, 3.8) is 0 Å². The number of anilines is 1. The van der Waals surface area contributed by atoms with Crippen molar-refractivity contribution in [1.29, 1.82) is 0 Å². The standard InChI is InChI=1S/C23H29N3O2/c1-25(2)8-9-26-7-6-18-19(21(26)27)4-3-5-20(18)24-22(28)23-13-15-10-16(14-23)12-17(23)11-15/h3-7,15-17H,8-14H2,1-2H3,(H,24,28)/t15-,16+,17+,23-. The van der Waals surface area contributed by atoms with Crippen LogP contribution in [0.1, 0.15) is 32.1 Å². The van der Waals surface area contributed by atoms with Crippen molar-refractivity contribution < 1.29 is 4.79 Å². The molecule has 28 heavy (non-hydrogen) atoms. The molecule has 1 heterocycles. The number of fused-ring (bicyclic) bond motifs is 1. The molecule has 4 aliphatic carbocycles. The number of carbonyl (C=O) groups excluding carboxylic acids is 1. The Bertz CT molecular complexity index is 979. The number of hydrogen-bond donors (Lipinski definition) is 1. The molecule has 0 saturated heterocycles. The lowest BCUT2D eigenvalue weighted by Gasteiger charge is -2.31. The number of hydrogen-bond acceptors (Lipinski definition) is 3. The molecular formula is C23H29N3O2. The molecule has 0 spiro atoms. The molecule has 1 amide bonds. The molecule has 1 aromatic carbocycles. The summed E-state index contributed by atoms with van der Waals surface area (Å²) in [7, 11) is 4.00. The Kier molecular flexibility index (Phi) is 4.13. The number of likely N-dealkylation sites (N-methyl/N-ethyl adjacent to an activating group) is 1. The largest absolute Gasteiger partial charge is 0.325 e. The minimum atomic E-state index is -0.156. The molecule has 4 aliphatic rings. The van der Waals surface area contributed by atoms with Gasteiger partial charge in [0, 0.05) is 35.7 Å². The summed E-state index contributed by atoms with van der Waals surface area (Å²) in [5, 5.41) is 4.75. The second kappa shape index (κ2) is 6.45. The minimum absolute atomic E-state index is 0.00876. The van der Waals surface area contributed by atoms with Crippen molar-refractivity contribution in [2.45, 2.75) is 38.6 Å². The number of nitrogens with one attached hydrogen (secondary N) is 1. The zero-order chi connectivity index (χ0) is 19.5. The first kappa shape index (κ1) is 17.9. The first-order valence-corrected chi connectivity index (χ1v) is 10.5. The van der Waals surface area contributed by atoms with Crippen LogP contribution >= 0.6 is 0 Å². The van der Waals surface area contributed by atoms with Gasteiger partial charge in [-0.2, -0.15) is 0 Å². The van der Waals surface area contributed by atoms with Crippen molar-refractivity contribution in [2.75, 3.05) is 26.0 Å². The molecule has 4 atom stereocenters. The van der Waals surface area contributed by atoms with Gasteiger partial charge < -0.3 is 14.8 Å². The zero-order valence-electron chi connectivity index (χ0n) is 16.8. The van der Waals surface area contributed by atoms with E-state index in [1.54, 1.807) is 4.57 Å². The van der Waals surface area contributed by atoms with E-state index in [9.17, 15) is 9.59 Å². The summed E-state index contributed by atoms with van der Waals surface area (Å²) in [6, 6.07) is 7.64. The van der Waals surface area contributed by atoms with E-state index in [-0.39, 0.29) is 16.9 Å². The van der Waals surface area contributed by atoms with Crippen molar-refractivity contribution in [2.24, 2.45) is 23.2 Å². The summed E-state index contributed by atoms with van der Waals surface area (Å²) in [6.07, 6.45) is 7.76. The van der Waals surface area contributed by atoms with Gasteiger partial charge in [-0.25, -0.2) is 0 Å². The topological polar surface area (TPSA) is 54.3 Å². The predicted octanol–water partition coefficient (Wildman–Crippen LogP) is 3.33. The molecule has 5 nitrogen and oxygen atoms in total. The lowest BCUT2D eigenvalue weighted by molar-refractivity contribution is -0.127. The van der Waals surface area contributed by atoms with Crippen LogP contribution < -0.4 is 10.9 Å². The van der Waals surface area contributed by atoms with Crippen LogP contribution in [0, 0.1) is 23.2 Å². The van der Waals surface area contributed by atoms with Gasteiger partial charge in [-0.1, -0.05) is 6.07 Å². The molecule has 4 saturated carbocycles. The Hall–Kier alpha value is -2.14. The normalized spacial score (nSPS) is 30.5. The molecule has 4 bridgehead atoms. The van der Waals surface area contributed by atoms with E-state index in [1.807, 2.05) is 44.6 Å². The minimum Gasteiger partial charge on any atom is -0.325 e. The lowest BCUT2D eigenvalue weighted by atomic mass is 9.75. The van der Waals surface area contributed by atoms with Crippen molar-refractivity contribution in [3.05, 3.63) is 40.8 Å². The average molecular weight is 380 g/mol. The quantitative estimate of drug-likeness (QED) is 0.867. The van der Waals surface area contributed by atoms with Crippen LogP contribution in [0.2, 0.25) is 0 Å². The summed E-state index contributed by atoms with van der Waals surface area (Å²) in [6.45, 7) is 1.47. The molecule has 0 aliphatic heterocycles. The molecular weight excluding hydrogens is 350 g/mol. The molecule has 2 aromatic rings. The van der Waals surface area contributed by atoms with E-state index in [1.165, 1.54) is 19.3 Å². The van der Waals surface area contributed by atoms with E-state index in [2.05, 4.69) is 10.2 Å². The van der Waals surface area contributed by atoms with Gasteiger partial charge in [0.1, 0.15) is 0 Å². The van der Waals surface area contributed by atoms with Crippen LogP contribution in [-0.2, 0) is 11.3 Å². The zero-order valence-corrected chi connectivity index (χ0v) is 16.8. The first-order chi connectivity index (χ1) is 13.5. The van der Waals surface area contributed by atoms with Crippen molar-refractivity contribution in [3.8, 4) is 0 Å². The summed E-state index contributed by atoms with van der Waals surface area (Å²) < 4.78 is 1.75. The van der Waals surface area contributed by atoms with Gasteiger partial charge in [0.25, 0.3) is 5.56 Å². The summed E-state index contributed by atoms with van der Waals surface area (Å²) in [5.41, 5.74) is 0.630. The maximum atomic E-state index is 13.4. The van der Waals surface area contributed by atoms with Gasteiger partial charge in [0.2, 0.25) is 5.91 Å². The van der Waals surface area contributed by atoms with Crippen LogP contribution in [-0.4, -0.2) is 36.0 Å². The SMILES string of the molecule is CN(C)CCn1ccc2c(NC(=O)[C@@]34C[C@@H]5C[C@@H](C[C@@H]3C5)C4)cccc2c1=O. The molecule has 0 radical (unpaired) electrons. The number of carbonyl (C=O) groups is 1. The third-order valence-electron chi connectivity index (χ3n) is 7.50. The smallest absolute Gasteiger partial charge is 0.258 e. The first-order valence-electron chi connectivity index (χ1n) is 10.5. The van der Waals surface area contributed by atoms with Crippen molar-refractivity contribution in [1.82, 2.24) is 9.47 Å². The molecule has 5 heteroatoms. The van der Waals surface area contributed by atoms with Gasteiger partial charge in [-0.3, -0.25) is 9.59 Å². The Morgan fingerprint density at radius 3 is 2.61 bits per heavy atom. The van der Waals surface area contributed by atoms with Crippen LogP contribution in [0.4, 0.5) is 5.69 Å². The number of amides is 1. The monoisotopic (exact) mass is 379 g/mol. The molecule has 1 N–H and O–H groups in total. The van der Waals surface area contributed by atoms with Crippen LogP contribution in [0.5, 0.6) is 0 Å². The highest BCUT2D eigenvalue weighted by Crippen LogP contribution is 2.65. The molecule has 4 fully saturated rings. The van der Waals surface area contributed by atoms with Crippen LogP contribution in [0.3, 0.4) is 0 Å². The van der Waals surface area contributed by atoms with Gasteiger partial charge >= 0.3 is 0 Å². The van der Waals surface area contributed by atoms with Crippen LogP contribution in [0.25, 0.3) is 10.8 Å². The lowest BCUT2D eigenvalue weighted by Crippen LogP contribution is -2.37. The second-order valence-electron chi connectivity index (χ2n) is 9.54. The van der Waals surface area contributed by atoms with Gasteiger partial charge in [0.15, 0.2) is 0 Å². The Balaban J connectivity index is 1.44. The summed E-state index contributed by atoms with van der Waals surface area (Å²) in [5.74, 6) is 2.25. The Morgan fingerprint density at radius 2 is 1.89 bits per heavy atom. The van der Waals surface area contributed by atoms with E-state index in [4.69, 9.17) is 0 Å². The number of benzene rings is 1. The Morgan fingerprint density at radius 1 is 1.14 bits per heavy atom. The van der Waals surface area contributed by atoms with Gasteiger partial charge in [-0.05, 0) is 82.2 Å². The highest BCUT2D eigenvalue weighted by atomic mass is 16.2. The van der Waals surface area contributed by atoms with Gasteiger partial charge in [-0.15, -0.1) is 0 Å². The van der Waals surface area contributed by atoms with Crippen molar-refractivity contribution >= 4 is 22.4 Å². The van der Waals surface area contributed by atoms with E-state index in [0.717, 1.165) is 42.3 Å². The highest BCUT2D eigenvalue weighted by molar-refractivity contribution is 6.04. The fraction of sp³-hybridized carbons (Fsp3) is 0.565. The van der Waals surface area contributed by atoms with E-state index >= 15 is 0 Å². The summed E-state index contributed by atoms with van der Waals surface area (Å²) >= 11 is 0. The maximum absolute atomic E-state index is 13.4. The number of rotatable bonds is 5.